The van der Waals surface area contributed by atoms with Gasteiger partial charge in [0.25, 0.3) is 0 Å². The van der Waals surface area contributed by atoms with Crippen molar-refractivity contribution in [3.63, 3.8) is 0 Å². The molecule has 0 bridgehead atoms. The summed E-state index contributed by atoms with van der Waals surface area (Å²) in [7, 11) is 0. The number of rotatable bonds is 4. The number of anilines is 5. The van der Waals surface area contributed by atoms with Gasteiger partial charge in [-0.3, -0.25) is 0 Å². The van der Waals surface area contributed by atoms with Crippen LogP contribution in [0.25, 0.3) is 22.3 Å². The van der Waals surface area contributed by atoms with E-state index in [0.717, 1.165) is 12.1 Å². The SMILES string of the molecule is CC1(C)c2ccccc2-c2ccc(N(c3ccccc3)c3ccc4c(c3)C(C)(C)c3cc5c(cc3-4)C3CC=CC=C3N5c3ccccc3)cc21. The highest BCUT2D eigenvalue weighted by Gasteiger charge is 2.42. The van der Waals surface area contributed by atoms with Gasteiger partial charge in [-0.15, -0.1) is 0 Å². The fraction of sp³-hybridized carbons (Fsp3) is 0.167. The zero-order valence-electron chi connectivity index (χ0n) is 29.1. The van der Waals surface area contributed by atoms with Crippen LogP contribution in [0.3, 0.4) is 0 Å². The fourth-order valence-corrected chi connectivity index (χ4v) is 9.38. The Hall–Kier alpha value is -5.60. The standard InChI is InChI=1S/C48H40N2/c1-47(2)41-21-13-11-19-35(41)36-25-23-33(27-42(36)47)49(31-15-7-5-8-16-31)34-24-26-37-39-29-40-38-20-12-14-22-45(38)50(32-17-9-6-10-18-32)46(40)30-44(39)48(3,4)43(37)28-34/h5-19,21-30,38H,20H2,1-4H3. The van der Waals surface area contributed by atoms with Gasteiger partial charge in [-0.1, -0.05) is 113 Å². The van der Waals surface area contributed by atoms with Gasteiger partial charge in [0.05, 0.1) is 5.69 Å². The van der Waals surface area contributed by atoms with Gasteiger partial charge in [0.15, 0.2) is 0 Å². The Morgan fingerprint density at radius 1 is 0.540 bits per heavy atom. The lowest BCUT2D eigenvalue weighted by atomic mass is 9.81. The number of benzene rings is 6. The van der Waals surface area contributed by atoms with Gasteiger partial charge in [-0.2, -0.15) is 0 Å². The van der Waals surface area contributed by atoms with Crippen LogP contribution in [-0.4, -0.2) is 0 Å². The van der Waals surface area contributed by atoms with Gasteiger partial charge in [0.1, 0.15) is 0 Å². The molecule has 1 heterocycles. The third-order valence-corrected chi connectivity index (χ3v) is 11.9. The van der Waals surface area contributed by atoms with Crippen LogP contribution in [0.1, 0.15) is 67.9 Å². The van der Waals surface area contributed by atoms with Crippen LogP contribution in [0.5, 0.6) is 0 Å². The third kappa shape index (κ3) is 4.02. The number of allylic oxidation sites excluding steroid dienone is 4. The second kappa shape index (κ2) is 10.5. The monoisotopic (exact) mass is 644 g/mol. The van der Waals surface area contributed by atoms with Crippen molar-refractivity contribution in [2.24, 2.45) is 0 Å². The van der Waals surface area contributed by atoms with Crippen molar-refractivity contribution in [3.05, 3.63) is 185 Å². The zero-order chi connectivity index (χ0) is 33.8. The normalized spacial score (nSPS) is 18.0. The predicted molar refractivity (Wildman–Crippen MR) is 209 cm³/mol. The number of hydrogen-bond acceptors (Lipinski definition) is 2. The highest BCUT2D eigenvalue weighted by molar-refractivity contribution is 5.91. The molecule has 242 valence electrons. The van der Waals surface area contributed by atoms with E-state index in [1.54, 1.807) is 0 Å². The van der Waals surface area contributed by atoms with Crippen LogP contribution in [0.2, 0.25) is 0 Å². The molecule has 0 N–H and O–H groups in total. The van der Waals surface area contributed by atoms with Crippen LogP contribution in [0.15, 0.2) is 157 Å². The van der Waals surface area contributed by atoms with Crippen LogP contribution in [-0.2, 0) is 10.8 Å². The largest absolute Gasteiger partial charge is 0.313 e. The number of para-hydroxylation sites is 2. The van der Waals surface area contributed by atoms with Gasteiger partial charge < -0.3 is 9.80 Å². The molecular weight excluding hydrogens is 605 g/mol. The molecule has 4 aliphatic rings. The average Bonchev–Trinajstić information content (AvgIpc) is 3.68. The summed E-state index contributed by atoms with van der Waals surface area (Å²) in [6.07, 6.45) is 7.89. The van der Waals surface area contributed by atoms with E-state index < -0.39 is 0 Å². The molecular formula is C48H40N2. The summed E-state index contributed by atoms with van der Waals surface area (Å²) in [5.74, 6) is 0.371. The van der Waals surface area contributed by atoms with Crippen molar-refractivity contribution in [1.82, 2.24) is 0 Å². The molecule has 1 atom stereocenters. The fourth-order valence-electron chi connectivity index (χ4n) is 9.38. The van der Waals surface area contributed by atoms with Gasteiger partial charge in [-0.25, -0.2) is 0 Å². The highest BCUT2D eigenvalue weighted by atomic mass is 15.2. The van der Waals surface area contributed by atoms with E-state index in [4.69, 9.17) is 0 Å². The van der Waals surface area contributed by atoms with Crippen LogP contribution < -0.4 is 9.80 Å². The summed E-state index contributed by atoms with van der Waals surface area (Å²) in [5.41, 5.74) is 19.7. The molecule has 0 amide bonds. The maximum atomic E-state index is 2.52. The number of nitrogens with zero attached hydrogens (tertiary/aromatic N) is 2. The van der Waals surface area contributed by atoms with Crippen molar-refractivity contribution in [3.8, 4) is 22.3 Å². The summed E-state index contributed by atoms with van der Waals surface area (Å²) in [6, 6.07) is 49.9. The van der Waals surface area contributed by atoms with Gasteiger partial charge >= 0.3 is 0 Å². The predicted octanol–water partition coefficient (Wildman–Crippen LogP) is 12.8. The van der Waals surface area contributed by atoms with E-state index in [2.05, 4.69) is 189 Å². The van der Waals surface area contributed by atoms with Gasteiger partial charge in [-0.05, 0) is 123 Å². The second-order valence-corrected chi connectivity index (χ2v) is 15.4. The Balaban J connectivity index is 1.11. The third-order valence-electron chi connectivity index (χ3n) is 11.9. The van der Waals surface area contributed by atoms with E-state index in [-0.39, 0.29) is 10.8 Å². The molecule has 6 aromatic rings. The molecule has 1 aliphatic heterocycles. The number of hydrogen-bond donors (Lipinski definition) is 0. The molecule has 0 aromatic heterocycles. The quantitative estimate of drug-likeness (QED) is 0.188. The summed E-state index contributed by atoms with van der Waals surface area (Å²) in [6.45, 7) is 9.54. The lowest BCUT2D eigenvalue weighted by Gasteiger charge is -2.30. The Kier molecular flexibility index (Phi) is 6.13. The first-order chi connectivity index (χ1) is 24.3. The van der Waals surface area contributed by atoms with E-state index >= 15 is 0 Å². The first kappa shape index (κ1) is 29.3. The molecule has 50 heavy (non-hydrogen) atoms. The zero-order valence-corrected chi connectivity index (χ0v) is 29.1. The molecule has 3 aliphatic carbocycles. The molecule has 0 spiro atoms. The van der Waals surface area contributed by atoms with Crippen LogP contribution in [0.4, 0.5) is 28.4 Å². The summed E-state index contributed by atoms with van der Waals surface area (Å²) >= 11 is 0. The topological polar surface area (TPSA) is 6.48 Å². The van der Waals surface area contributed by atoms with E-state index in [1.165, 1.54) is 78.5 Å². The van der Waals surface area contributed by atoms with Crippen molar-refractivity contribution >= 4 is 28.4 Å². The van der Waals surface area contributed by atoms with Crippen molar-refractivity contribution in [2.75, 3.05) is 9.80 Å². The minimum Gasteiger partial charge on any atom is -0.313 e. The Bertz CT molecular complexity index is 2410. The van der Waals surface area contributed by atoms with Crippen molar-refractivity contribution < 1.29 is 0 Å². The molecule has 0 fully saturated rings. The molecule has 1 unspecified atom stereocenters. The molecule has 2 heteroatoms. The minimum atomic E-state index is -0.164. The summed E-state index contributed by atoms with van der Waals surface area (Å²) in [4.78, 5) is 4.94. The molecule has 0 saturated carbocycles. The highest BCUT2D eigenvalue weighted by Crippen LogP contribution is 2.58. The number of fused-ring (bicyclic) bond motifs is 9. The molecule has 10 rings (SSSR count). The average molecular weight is 645 g/mol. The summed E-state index contributed by atoms with van der Waals surface area (Å²) < 4.78 is 0. The second-order valence-electron chi connectivity index (χ2n) is 15.4. The molecule has 6 aromatic carbocycles. The Labute approximate surface area is 295 Å². The first-order valence-corrected chi connectivity index (χ1v) is 18.0. The van der Waals surface area contributed by atoms with Crippen LogP contribution in [0, 0.1) is 0 Å². The minimum absolute atomic E-state index is 0.0664. The van der Waals surface area contributed by atoms with Crippen molar-refractivity contribution in [1.29, 1.82) is 0 Å². The maximum absolute atomic E-state index is 2.52. The van der Waals surface area contributed by atoms with Gasteiger partial charge in [0.2, 0.25) is 0 Å². The lowest BCUT2D eigenvalue weighted by Crippen LogP contribution is -2.18. The van der Waals surface area contributed by atoms with E-state index in [0.29, 0.717) is 5.92 Å². The summed E-state index contributed by atoms with van der Waals surface area (Å²) in [5, 5.41) is 0. The molecule has 0 radical (unpaired) electrons. The first-order valence-electron chi connectivity index (χ1n) is 18.0. The smallest absolute Gasteiger partial charge is 0.0501 e. The Morgan fingerprint density at radius 2 is 1.12 bits per heavy atom. The molecule has 2 nitrogen and oxygen atoms in total. The van der Waals surface area contributed by atoms with E-state index in [9.17, 15) is 0 Å². The maximum Gasteiger partial charge on any atom is 0.0501 e. The molecule has 0 saturated heterocycles. The lowest BCUT2D eigenvalue weighted by molar-refractivity contribution is 0.660. The van der Waals surface area contributed by atoms with Crippen molar-refractivity contribution in [2.45, 2.75) is 50.9 Å². The van der Waals surface area contributed by atoms with Crippen LogP contribution >= 0.6 is 0 Å². The van der Waals surface area contributed by atoms with Gasteiger partial charge in [0, 0.05) is 45.2 Å². The van der Waals surface area contributed by atoms with E-state index in [1.807, 2.05) is 0 Å². The Morgan fingerprint density at radius 3 is 1.84 bits per heavy atom.